The largest absolute Gasteiger partial charge is 0.332 e. The van der Waals surface area contributed by atoms with E-state index in [1.54, 1.807) is 11.4 Å². The van der Waals surface area contributed by atoms with E-state index in [0.717, 1.165) is 26.0 Å². The highest BCUT2D eigenvalue weighted by Gasteiger charge is 2.21. The molecule has 0 spiro atoms. The van der Waals surface area contributed by atoms with Gasteiger partial charge in [0.25, 0.3) is 5.56 Å². The summed E-state index contributed by atoms with van der Waals surface area (Å²) in [4.78, 5) is 29.9. The number of nitrogens with zero attached hydrogens (tertiary/aromatic N) is 5. The maximum absolute atomic E-state index is 12.9. The molecule has 144 valence electrons. The summed E-state index contributed by atoms with van der Waals surface area (Å²) in [5, 5.41) is 0. The number of aryl methyl sites for hydroxylation is 1. The Morgan fingerprint density at radius 2 is 1.69 bits per heavy atom. The van der Waals surface area contributed by atoms with Gasteiger partial charge in [-0.25, -0.2) is 4.79 Å². The van der Waals surface area contributed by atoms with Gasteiger partial charge in [-0.1, -0.05) is 52.3 Å². The van der Waals surface area contributed by atoms with Crippen molar-refractivity contribution in [3.8, 4) is 16.9 Å². The molecule has 8 heteroatoms. The van der Waals surface area contributed by atoms with Crippen molar-refractivity contribution < 1.29 is 0 Å². The fraction of sp³-hybridized carbons (Fsp3) is 0.0952. The minimum absolute atomic E-state index is 0.358. The maximum Gasteiger partial charge on any atom is 0.332 e. The molecule has 5 aromatic rings. The summed E-state index contributed by atoms with van der Waals surface area (Å²) in [6, 6.07) is 17.8. The number of benzene rings is 2. The van der Waals surface area contributed by atoms with Gasteiger partial charge >= 0.3 is 5.69 Å². The molecule has 7 nitrogen and oxygen atoms in total. The second kappa shape index (κ2) is 6.31. The highest BCUT2D eigenvalue weighted by atomic mass is 79.9. The van der Waals surface area contributed by atoms with Crippen molar-refractivity contribution in [3.63, 3.8) is 0 Å². The molecular weight excluding hydrogens is 434 g/mol. The zero-order valence-electron chi connectivity index (χ0n) is 15.7. The SMILES string of the molecule is Cn1c(=O)c2c(nc3n(-c4cccc(Br)c4)c(-c4ccccc4)cn23)n(C)c1=O. The Balaban J connectivity index is 1.99. The van der Waals surface area contributed by atoms with Gasteiger partial charge in [-0.05, 0) is 18.2 Å². The summed E-state index contributed by atoms with van der Waals surface area (Å²) >= 11 is 3.53. The molecule has 3 aromatic heterocycles. The van der Waals surface area contributed by atoms with Crippen molar-refractivity contribution in [2.45, 2.75) is 0 Å². The van der Waals surface area contributed by atoms with E-state index in [9.17, 15) is 9.59 Å². The van der Waals surface area contributed by atoms with Crippen LogP contribution in [0.25, 0.3) is 33.9 Å². The summed E-state index contributed by atoms with van der Waals surface area (Å²) in [5.74, 6) is 0.565. The molecule has 0 aliphatic rings. The third kappa shape index (κ3) is 2.52. The number of hydrogen-bond acceptors (Lipinski definition) is 3. The van der Waals surface area contributed by atoms with Crippen LogP contribution >= 0.6 is 15.9 Å². The first-order chi connectivity index (χ1) is 14.0. The highest BCUT2D eigenvalue weighted by molar-refractivity contribution is 9.10. The van der Waals surface area contributed by atoms with Gasteiger partial charge in [0, 0.05) is 30.3 Å². The van der Waals surface area contributed by atoms with E-state index in [4.69, 9.17) is 0 Å². The van der Waals surface area contributed by atoms with E-state index < -0.39 is 5.69 Å². The normalized spacial score (nSPS) is 11.6. The average Bonchev–Trinajstić information content (AvgIpc) is 3.27. The summed E-state index contributed by atoms with van der Waals surface area (Å²) < 4.78 is 7.19. The van der Waals surface area contributed by atoms with Crippen LogP contribution in [0, 0.1) is 0 Å². The van der Waals surface area contributed by atoms with Crippen LogP contribution in [0.1, 0.15) is 0 Å². The molecule has 0 fully saturated rings. The van der Waals surface area contributed by atoms with E-state index in [-0.39, 0.29) is 5.56 Å². The Labute approximate surface area is 173 Å². The Morgan fingerprint density at radius 3 is 2.41 bits per heavy atom. The lowest BCUT2D eigenvalue weighted by molar-refractivity contribution is 0.708. The molecule has 0 unspecified atom stereocenters. The average molecular weight is 450 g/mol. The topological polar surface area (TPSA) is 66.2 Å². The first kappa shape index (κ1) is 17.7. The van der Waals surface area contributed by atoms with E-state index in [1.165, 1.54) is 11.6 Å². The molecule has 0 N–H and O–H groups in total. The molecule has 29 heavy (non-hydrogen) atoms. The van der Waals surface area contributed by atoms with Gasteiger partial charge in [0.05, 0.1) is 11.4 Å². The zero-order valence-corrected chi connectivity index (χ0v) is 17.3. The number of hydrogen-bond donors (Lipinski definition) is 0. The van der Waals surface area contributed by atoms with Gasteiger partial charge in [-0.15, -0.1) is 0 Å². The van der Waals surface area contributed by atoms with E-state index >= 15 is 0 Å². The Kier molecular flexibility index (Phi) is 3.85. The molecular formula is C21H16BrN5O2. The number of rotatable bonds is 2. The Bertz CT molecular complexity index is 1520. The first-order valence-corrected chi connectivity index (χ1v) is 9.77. The van der Waals surface area contributed by atoms with Crippen LogP contribution in [0.5, 0.6) is 0 Å². The lowest BCUT2D eigenvalue weighted by atomic mass is 10.1. The second-order valence-corrected chi connectivity index (χ2v) is 7.77. The summed E-state index contributed by atoms with van der Waals surface area (Å²) in [5.41, 5.74) is 2.73. The van der Waals surface area contributed by atoms with Crippen LogP contribution in [-0.2, 0) is 14.1 Å². The lowest BCUT2D eigenvalue weighted by Crippen LogP contribution is -2.37. The highest BCUT2D eigenvalue weighted by Crippen LogP contribution is 2.29. The second-order valence-electron chi connectivity index (χ2n) is 6.86. The van der Waals surface area contributed by atoms with E-state index in [1.807, 2.05) is 65.4 Å². The van der Waals surface area contributed by atoms with Crippen molar-refractivity contribution in [2.75, 3.05) is 0 Å². The van der Waals surface area contributed by atoms with E-state index in [0.29, 0.717) is 16.9 Å². The monoisotopic (exact) mass is 449 g/mol. The molecule has 0 radical (unpaired) electrons. The third-order valence-corrected chi connectivity index (χ3v) is 5.59. The van der Waals surface area contributed by atoms with Crippen molar-refractivity contribution in [1.82, 2.24) is 23.1 Å². The smallest absolute Gasteiger partial charge is 0.279 e. The van der Waals surface area contributed by atoms with Gasteiger partial charge in [0.1, 0.15) is 0 Å². The molecule has 2 aromatic carbocycles. The van der Waals surface area contributed by atoms with Gasteiger partial charge in [-0.2, -0.15) is 4.98 Å². The molecule has 0 saturated carbocycles. The molecule has 0 saturated heterocycles. The fourth-order valence-corrected chi connectivity index (χ4v) is 4.04. The molecule has 5 rings (SSSR count). The van der Waals surface area contributed by atoms with Crippen molar-refractivity contribution >= 4 is 32.9 Å². The molecule has 0 bridgehead atoms. The molecule has 0 atom stereocenters. The summed E-state index contributed by atoms with van der Waals surface area (Å²) in [6.45, 7) is 0. The molecule has 3 heterocycles. The van der Waals surface area contributed by atoms with Gasteiger partial charge in [0.2, 0.25) is 5.78 Å². The van der Waals surface area contributed by atoms with Gasteiger partial charge in [-0.3, -0.25) is 22.9 Å². The van der Waals surface area contributed by atoms with Crippen LogP contribution in [0.2, 0.25) is 0 Å². The lowest BCUT2D eigenvalue weighted by Gasteiger charge is -2.09. The predicted molar refractivity (Wildman–Crippen MR) is 116 cm³/mol. The van der Waals surface area contributed by atoms with Gasteiger partial charge in [0.15, 0.2) is 11.2 Å². The fourth-order valence-electron chi connectivity index (χ4n) is 3.65. The van der Waals surface area contributed by atoms with Crippen LogP contribution in [0.3, 0.4) is 0 Å². The summed E-state index contributed by atoms with van der Waals surface area (Å²) in [7, 11) is 3.10. The van der Waals surface area contributed by atoms with Crippen LogP contribution in [0.15, 0.2) is 74.9 Å². The van der Waals surface area contributed by atoms with Crippen molar-refractivity contribution in [3.05, 3.63) is 86.1 Å². The summed E-state index contributed by atoms with van der Waals surface area (Å²) in [6.07, 6.45) is 1.90. The molecule has 0 aliphatic carbocycles. The number of aromatic nitrogens is 5. The Morgan fingerprint density at radius 1 is 0.931 bits per heavy atom. The quantitative estimate of drug-likeness (QED) is 0.415. The molecule has 0 amide bonds. The first-order valence-electron chi connectivity index (χ1n) is 8.98. The van der Waals surface area contributed by atoms with Crippen molar-refractivity contribution in [1.29, 1.82) is 0 Å². The number of imidazole rings is 2. The van der Waals surface area contributed by atoms with Crippen LogP contribution in [-0.4, -0.2) is 23.1 Å². The number of fused-ring (bicyclic) bond motifs is 3. The third-order valence-electron chi connectivity index (χ3n) is 5.10. The molecule has 0 aliphatic heterocycles. The minimum Gasteiger partial charge on any atom is -0.279 e. The minimum atomic E-state index is -0.402. The maximum atomic E-state index is 12.9. The Hall–Kier alpha value is -3.39. The van der Waals surface area contributed by atoms with Crippen LogP contribution < -0.4 is 11.2 Å². The van der Waals surface area contributed by atoms with Crippen LogP contribution in [0.4, 0.5) is 0 Å². The predicted octanol–water partition coefficient (Wildman–Crippen LogP) is 3.11. The van der Waals surface area contributed by atoms with Crippen molar-refractivity contribution in [2.24, 2.45) is 14.1 Å². The number of halogens is 1. The standard InChI is InChI=1S/C21H16BrN5O2/c1-24-18-17(19(28)25(2)21(24)29)26-12-16(13-7-4-3-5-8-13)27(20(26)23-18)15-10-6-9-14(22)11-15/h3-12H,1-2H3. The van der Waals surface area contributed by atoms with E-state index in [2.05, 4.69) is 20.9 Å². The van der Waals surface area contributed by atoms with Gasteiger partial charge < -0.3 is 0 Å². The zero-order chi connectivity index (χ0) is 20.3.